The van der Waals surface area contributed by atoms with E-state index in [1.807, 2.05) is 30.9 Å². The second-order valence-corrected chi connectivity index (χ2v) is 7.56. The Hall–Kier alpha value is -2.63. The van der Waals surface area contributed by atoms with Crippen LogP contribution in [0.3, 0.4) is 0 Å². The van der Waals surface area contributed by atoms with E-state index in [9.17, 15) is 9.59 Å². The minimum atomic E-state index is -0.103. The molecule has 26 heavy (non-hydrogen) atoms. The number of benzene rings is 1. The normalized spacial score (nSPS) is 23.8. The minimum absolute atomic E-state index is 0.0463. The van der Waals surface area contributed by atoms with Gasteiger partial charge in [0.15, 0.2) is 5.69 Å². The molecular weight excluding hydrogens is 330 g/mol. The number of nitrogens with one attached hydrogen (secondary N) is 1. The summed E-state index contributed by atoms with van der Waals surface area (Å²) in [5.74, 6) is 1.19. The third kappa shape index (κ3) is 2.69. The first-order valence-corrected chi connectivity index (χ1v) is 9.07. The van der Waals surface area contributed by atoms with Crippen molar-refractivity contribution < 1.29 is 14.1 Å². The van der Waals surface area contributed by atoms with Crippen LogP contribution in [0, 0.1) is 5.92 Å². The highest BCUT2D eigenvalue weighted by Crippen LogP contribution is 2.49. The molecular formula is C20H23N3O3. The summed E-state index contributed by atoms with van der Waals surface area (Å²) in [5, 5.41) is 7.03. The van der Waals surface area contributed by atoms with Gasteiger partial charge < -0.3 is 14.7 Å². The van der Waals surface area contributed by atoms with Crippen LogP contribution in [0.2, 0.25) is 0 Å². The van der Waals surface area contributed by atoms with Gasteiger partial charge in [0.2, 0.25) is 5.91 Å². The number of rotatable bonds is 3. The fourth-order valence-electron chi connectivity index (χ4n) is 4.25. The fraction of sp³-hybridized carbons (Fsp3) is 0.450. The molecule has 1 saturated heterocycles. The van der Waals surface area contributed by atoms with Crippen molar-refractivity contribution in [3.05, 3.63) is 52.9 Å². The number of aromatic nitrogens is 1. The summed E-state index contributed by atoms with van der Waals surface area (Å²) in [4.78, 5) is 26.4. The number of carbonyl (C=O) groups is 2. The Morgan fingerprint density at radius 2 is 1.96 bits per heavy atom. The molecule has 6 heteroatoms. The van der Waals surface area contributed by atoms with Crippen molar-refractivity contribution in [2.75, 3.05) is 13.1 Å². The van der Waals surface area contributed by atoms with Crippen LogP contribution < -0.4 is 5.32 Å². The van der Waals surface area contributed by atoms with Crippen LogP contribution >= 0.6 is 0 Å². The Morgan fingerprint density at radius 3 is 2.62 bits per heavy atom. The van der Waals surface area contributed by atoms with E-state index in [-0.39, 0.29) is 35.6 Å². The topological polar surface area (TPSA) is 75.4 Å². The Balaban J connectivity index is 1.59. The summed E-state index contributed by atoms with van der Waals surface area (Å²) >= 11 is 0. The lowest BCUT2D eigenvalue weighted by Crippen LogP contribution is -2.34. The quantitative estimate of drug-likeness (QED) is 0.921. The molecule has 1 aromatic carbocycles. The van der Waals surface area contributed by atoms with Gasteiger partial charge in [0.25, 0.3) is 5.91 Å². The number of likely N-dealkylation sites (tertiary alicyclic amines) is 1. The fourth-order valence-corrected chi connectivity index (χ4v) is 4.25. The van der Waals surface area contributed by atoms with Crippen LogP contribution in [0.4, 0.5) is 0 Å². The molecule has 0 radical (unpaired) electrons. The number of hydrogen-bond acceptors (Lipinski definition) is 4. The molecule has 1 aliphatic heterocycles. The summed E-state index contributed by atoms with van der Waals surface area (Å²) in [7, 11) is 0. The minimum Gasteiger partial charge on any atom is -0.360 e. The van der Waals surface area contributed by atoms with Gasteiger partial charge in [-0.2, -0.15) is 0 Å². The summed E-state index contributed by atoms with van der Waals surface area (Å²) in [6, 6.07) is 9.89. The van der Waals surface area contributed by atoms with Gasteiger partial charge in [0.1, 0.15) is 5.76 Å². The van der Waals surface area contributed by atoms with Crippen molar-refractivity contribution in [1.82, 2.24) is 15.4 Å². The van der Waals surface area contributed by atoms with Crippen molar-refractivity contribution in [2.24, 2.45) is 5.92 Å². The first-order valence-electron chi connectivity index (χ1n) is 9.07. The van der Waals surface area contributed by atoms with Crippen molar-refractivity contribution in [2.45, 2.75) is 38.6 Å². The van der Waals surface area contributed by atoms with Gasteiger partial charge in [0.05, 0.1) is 6.04 Å². The Bertz CT molecular complexity index is 857. The Labute approximate surface area is 152 Å². The third-order valence-corrected chi connectivity index (χ3v) is 5.49. The predicted molar refractivity (Wildman–Crippen MR) is 95.7 cm³/mol. The van der Waals surface area contributed by atoms with Gasteiger partial charge in [-0.05, 0) is 11.1 Å². The zero-order valence-corrected chi connectivity index (χ0v) is 15.2. The van der Waals surface area contributed by atoms with Gasteiger partial charge in [-0.3, -0.25) is 9.59 Å². The second kappa shape index (κ2) is 6.27. The molecule has 1 aliphatic carbocycles. The molecule has 3 atom stereocenters. The maximum Gasteiger partial charge on any atom is 0.276 e. The summed E-state index contributed by atoms with van der Waals surface area (Å²) < 4.78 is 5.28. The highest BCUT2D eigenvalue weighted by Gasteiger charge is 2.47. The summed E-state index contributed by atoms with van der Waals surface area (Å²) in [6.45, 7) is 6.79. The molecule has 0 saturated carbocycles. The smallest absolute Gasteiger partial charge is 0.276 e. The summed E-state index contributed by atoms with van der Waals surface area (Å²) in [6.07, 6.45) is 0. The maximum absolute atomic E-state index is 12.9. The van der Waals surface area contributed by atoms with E-state index >= 15 is 0 Å². The van der Waals surface area contributed by atoms with E-state index in [0.29, 0.717) is 24.5 Å². The van der Waals surface area contributed by atoms with E-state index in [1.165, 1.54) is 18.1 Å². The van der Waals surface area contributed by atoms with Crippen molar-refractivity contribution in [1.29, 1.82) is 0 Å². The van der Waals surface area contributed by atoms with E-state index < -0.39 is 0 Å². The maximum atomic E-state index is 12.9. The molecule has 0 unspecified atom stereocenters. The van der Waals surface area contributed by atoms with E-state index in [1.54, 1.807) is 6.07 Å². The van der Waals surface area contributed by atoms with Gasteiger partial charge in [-0.15, -0.1) is 0 Å². The van der Waals surface area contributed by atoms with Gasteiger partial charge >= 0.3 is 0 Å². The van der Waals surface area contributed by atoms with Crippen molar-refractivity contribution in [3.63, 3.8) is 0 Å². The van der Waals surface area contributed by atoms with Gasteiger partial charge in [-0.25, -0.2) is 0 Å². The lowest BCUT2D eigenvalue weighted by atomic mass is 9.94. The van der Waals surface area contributed by atoms with Crippen molar-refractivity contribution in [3.8, 4) is 0 Å². The van der Waals surface area contributed by atoms with E-state index in [0.717, 1.165) is 0 Å². The number of hydrogen-bond donors (Lipinski definition) is 1. The number of amides is 2. The average Bonchev–Trinajstić information content (AvgIpc) is 3.30. The molecule has 1 aromatic heterocycles. The molecule has 2 amide bonds. The van der Waals surface area contributed by atoms with E-state index in [4.69, 9.17) is 4.52 Å². The van der Waals surface area contributed by atoms with Crippen molar-refractivity contribution >= 4 is 11.8 Å². The average molecular weight is 353 g/mol. The number of carbonyl (C=O) groups excluding carboxylic acids is 2. The van der Waals surface area contributed by atoms with Crippen LogP contribution in [0.25, 0.3) is 0 Å². The largest absolute Gasteiger partial charge is 0.360 e. The lowest BCUT2D eigenvalue weighted by molar-refractivity contribution is -0.120. The Kier molecular flexibility index (Phi) is 4.05. The monoisotopic (exact) mass is 353 g/mol. The zero-order chi connectivity index (χ0) is 18.4. The standard InChI is InChI=1S/C20H23N3O3/c1-11(2)18-8-17(22-26-18)20(25)23-9-15-13-6-4-5-7-14(13)19(16(15)10-23)21-12(3)24/h4-8,11,15-16,19H,9-10H2,1-3H3,(H,21,24)/t15-,16-,19+/m0/s1. The van der Waals surface area contributed by atoms with Crippen LogP contribution in [0.1, 0.15) is 66.0 Å². The van der Waals surface area contributed by atoms with Crippen LogP contribution in [0.5, 0.6) is 0 Å². The first kappa shape index (κ1) is 16.8. The Morgan fingerprint density at radius 1 is 1.23 bits per heavy atom. The molecule has 2 heterocycles. The molecule has 4 rings (SSSR count). The lowest BCUT2D eigenvalue weighted by Gasteiger charge is -2.22. The highest BCUT2D eigenvalue weighted by molar-refractivity contribution is 5.92. The van der Waals surface area contributed by atoms with Crippen LogP contribution in [-0.4, -0.2) is 35.0 Å². The molecule has 2 aromatic rings. The molecule has 1 N–H and O–H groups in total. The molecule has 0 bridgehead atoms. The molecule has 136 valence electrons. The SMILES string of the molecule is CC(=O)N[C@@H]1c2ccccc2[C@@H]2CN(C(=O)c3cc(C(C)C)on3)C[C@H]12. The van der Waals surface area contributed by atoms with Crippen LogP contribution in [0.15, 0.2) is 34.9 Å². The molecule has 2 aliphatic rings. The van der Waals surface area contributed by atoms with Gasteiger partial charge in [-0.1, -0.05) is 43.3 Å². The third-order valence-electron chi connectivity index (χ3n) is 5.49. The zero-order valence-electron chi connectivity index (χ0n) is 15.2. The summed E-state index contributed by atoms with van der Waals surface area (Å²) in [5.41, 5.74) is 2.76. The van der Waals surface area contributed by atoms with Gasteiger partial charge in [0, 0.05) is 43.8 Å². The number of fused-ring (bicyclic) bond motifs is 3. The predicted octanol–water partition coefficient (Wildman–Crippen LogP) is 2.84. The molecule has 6 nitrogen and oxygen atoms in total. The first-order chi connectivity index (χ1) is 12.5. The van der Waals surface area contributed by atoms with E-state index in [2.05, 4.69) is 22.6 Å². The second-order valence-electron chi connectivity index (χ2n) is 7.56. The highest BCUT2D eigenvalue weighted by atomic mass is 16.5. The molecule has 1 fully saturated rings. The molecule has 0 spiro atoms. The van der Waals surface area contributed by atoms with Crippen LogP contribution in [-0.2, 0) is 4.79 Å². The number of nitrogens with zero attached hydrogens (tertiary/aromatic N) is 2.